The van der Waals surface area contributed by atoms with Crippen LogP contribution in [-0.4, -0.2) is 18.7 Å². The third-order valence-electron chi connectivity index (χ3n) is 3.38. The van der Waals surface area contributed by atoms with Gasteiger partial charge in [-0.05, 0) is 77.1 Å². The Balaban J connectivity index is 2.30. The normalized spacial score (nSPS) is 11.7. The summed E-state index contributed by atoms with van der Waals surface area (Å²) in [5, 5.41) is 2.40. The van der Waals surface area contributed by atoms with Crippen molar-refractivity contribution in [1.29, 1.82) is 0 Å². The van der Waals surface area contributed by atoms with Crippen LogP contribution in [0.25, 0.3) is 0 Å². The minimum Gasteiger partial charge on any atom is -0.493 e. The quantitative estimate of drug-likeness (QED) is 0.785. The fourth-order valence-electron chi connectivity index (χ4n) is 2.11. The first-order chi connectivity index (χ1) is 8.79. The van der Waals surface area contributed by atoms with Crippen molar-refractivity contribution < 1.29 is 10.1 Å². The highest BCUT2D eigenvalue weighted by Gasteiger charge is 2.11. The molecule has 0 bridgehead atoms. The molecule has 0 aliphatic rings. The van der Waals surface area contributed by atoms with Crippen molar-refractivity contribution in [3.8, 4) is 5.75 Å². The molecule has 108 valence electrons. The molecule has 0 saturated heterocycles. The van der Waals surface area contributed by atoms with Gasteiger partial charge >= 0.3 is 0 Å². The lowest BCUT2D eigenvalue weighted by Gasteiger charge is -2.17. The van der Waals surface area contributed by atoms with Gasteiger partial charge in [0.05, 0.1) is 18.7 Å². The molecular formula is C17H30NO+. The highest BCUT2D eigenvalue weighted by molar-refractivity contribution is 5.41. The third-order valence-corrected chi connectivity index (χ3v) is 3.38. The van der Waals surface area contributed by atoms with Crippen LogP contribution in [-0.2, 0) is 0 Å². The molecule has 0 spiro atoms. The van der Waals surface area contributed by atoms with Crippen LogP contribution in [0.3, 0.4) is 0 Å². The minimum absolute atomic E-state index is 0.338. The number of unbranched alkanes of at least 4 members (excludes halogenated alkanes) is 1. The molecule has 0 heterocycles. The van der Waals surface area contributed by atoms with Gasteiger partial charge in [0.2, 0.25) is 0 Å². The summed E-state index contributed by atoms with van der Waals surface area (Å²) in [5.41, 5.74) is 4.20. The molecule has 0 fully saturated rings. The summed E-state index contributed by atoms with van der Waals surface area (Å²) in [6.07, 6.45) is 2.33. The van der Waals surface area contributed by atoms with Crippen molar-refractivity contribution in [2.24, 2.45) is 0 Å². The fraction of sp³-hybridized carbons (Fsp3) is 0.647. The van der Waals surface area contributed by atoms with Gasteiger partial charge in [0.1, 0.15) is 5.75 Å². The van der Waals surface area contributed by atoms with Gasteiger partial charge in [-0.3, -0.25) is 0 Å². The molecule has 1 aromatic rings. The molecule has 2 N–H and O–H groups in total. The fourth-order valence-corrected chi connectivity index (χ4v) is 2.11. The molecule has 19 heavy (non-hydrogen) atoms. The Morgan fingerprint density at radius 1 is 1.05 bits per heavy atom. The summed E-state index contributed by atoms with van der Waals surface area (Å²) in [6.45, 7) is 15.2. The largest absolute Gasteiger partial charge is 0.493 e. The maximum Gasteiger partial charge on any atom is 0.122 e. The lowest BCUT2D eigenvalue weighted by atomic mass is 10.1. The number of quaternary nitrogens is 1. The average Bonchev–Trinajstić information content (AvgIpc) is 2.28. The van der Waals surface area contributed by atoms with Gasteiger partial charge in [0, 0.05) is 0 Å². The van der Waals surface area contributed by atoms with Crippen LogP contribution in [0, 0.1) is 20.8 Å². The van der Waals surface area contributed by atoms with Crippen LogP contribution in [0.2, 0.25) is 0 Å². The SMILES string of the molecule is Cc1cc(C)c(C)c(OCCCC[NH2+]C(C)(C)C)c1. The molecule has 1 rings (SSSR count). The summed E-state index contributed by atoms with van der Waals surface area (Å²) in [5.74, 6) is 1.05. The van der Waals surface area contributed by atoms with E-state index >= 15 is 0 Å². The van der Waals surface area contributed by atoms with Crippen molar-refractivity contribution in [3.05, 3.63) is 28.8 Å². The molecule has 0 radical (unpaired) electrons. The van der Waals surface area contributed by atoms with Crippen LogP contribution in [0.4, 0.5) is 0 Å². The molecule has 2 nitrogen and oxygen atoms in total. The summed E-state index contributed by atoms with van der Waals surface area (Å²) in [7, 11) is 0. The number of hydrogen-bond donors (Lipinski definition) is 1. The van der Waals surface area contributed by atoms with Crippen molar-refractivity contribution >= 4 is 0 Å². The van der Waals surface area contributed by atoms with E-state index in [0.717, 1.165) is 18.8 Å². The van der Waals surface area contributed by atoms with Gasteiger partial charge in [-0.2, -0.15) is 0 Å². The van der Waals surface area contributed by atoms with Crippen LogP contribution in [0.1, 0.15) is 50.3 Å². The number of aryl methyl sites for hydroxylation is 2. The van der Waals surface area contributed by atoms with Crippen molar-refractivity contribution in [3.63, 3.8) is 0 Å². The molecule has 1 aromatic carbocycles. The molecule has 0 amide bonds. The Bertz CT molecular complexity index is 404. The summed E-state index contributed by atoms with van der Waals surface area (Å²) in [4.78, 5) is 0. The molecule has 0 aliphatic heterocycles. The molecule has 0 atom stereocenters. The monoisotopic (exact) mass is 264 g/mol. The second-order valence-corrected chi connectivity index (χ2v) is 6.62. The van der Waals surface area contributed by atoms with Crippen molar-refractivity contribution in [1.82, 2.24) is 0 Å². The topological polar surface area (TPSA) is 25.8 Å². The van der Waals surface area contributed by atoms with Crippen LogP contribution >= 0.6 is 0 Å². The van der Waals surface area contributed by atoms with E-state index in [9.17, 15) is 0 Å². The Morgan fingerprint density at radius 3 is 2.37 bits per heavy atom. The number of hydrogen-bond acceptors (Lipinski definition) is 1. The van der Waals surface area contributed by atoms with E-state index in [-0.39, 0.29) is 0 Å². The van der Waals surface area contributed by atoms with Gasteiger partial charge < -0.3 is 10.1 Å². The molecule has 0 unspecified atom stereocenters. The van der Waals surface area contributed by atoms with E-state index in [1.807, 2.05) is 0 Å². The lowest BCUT2D eigenvalue weighted by Crippen LogP contribution is -2.94. The maximum atomic E-state index is 5.92. The zero-order chi connectivity index (χ0) is 14.5. The highest BCUT2D eigenvalue weighted by atomic mass is 16.5. The van der Waals surface area contributed by atoms with Gasteiger partial charge in [-0.15, -0.1) is 0 Å². The average molecular weight is 264 g/mol. The zero-order valence-electron chi connectivity index (χ0n) is 13.5. The van der Waals surface area contributed by atoms with E-state index in [1.165, 1.54) is 29.7 Å². The first-order valence-electron chi connectivity index (χ1n) is 7.34. The van der Waals surface area contributed by atoms with Crippen molar-refractivity contribution in [2.75, 3.05) is 13.2 Å². The predicted octanol–water partition coefficient (Wildman–Crippen LogP) is 3.13. The molecule has 0 aliphatic carbocycles. The van der Waals surface area contributed by atoms with Crippen LogP contribution < -0.4 is 10.1 Å². The maximum absolute atomic E-state index is 5.92. The first-order valence-corrected chi connectivity index (χ1v) is 7.34. The molecule has 0 saturated carbocycles. The Morgan fingerprint density at radius 2 is 1.74 bits per heavy atom. The standard InChI is InChI=1S/C17H29NO/c1-13-11-14(2)15(3)16(12-13)19-10-8-7-9-18-17(4,5)6/h11-12,18H,7-10H2,1-6H3/p+1. The van der Waals surface area contributed by atoms with Gasteiger partial charge in [-0.25, -0.2) is 0 Å². The van der Waals surface area contributed by atoms with Crippen LogP contribution in [0.15, 0.2) is 12.1 Å². The molecule has 0 aromatic heterocycles. The summed E-state index contributed by atoms with van der Waals surface area (Å²) >= 11 is 0. The van der Waals surface area contributed by atoms with Gasteiger partial charge in [0.25, 0.3) is 0 Å². The van der Waals surface area contributed by atoms with E-state index in [0.29, 0.717) is 5.54 Å². The predicted molar refractivity (Wildman–Crippen MR) is 81.9 cm³/mol. The van der Waals surface area contributed by atoms with Gasteiger partial charge in [0.15, 0.2) is 0 Å². The van der Waals surface area contributed by atoms with E-state index < -0.39 is 0 Å². The second-order valence-electron chi connectivity index (χ2n) is 6.62. The van der Waals surface area contributed by atoms with Crippen LogP contribution in [0.5, 0.6) is 5.75 Å². The number of nitrogens with two attached hydrogens (primary N) is 1. The number of rotatable bonds is 6. The van der Waals surface area contributed by atoms with E-state index in [4.69, 9.17) is 4.74 Å². The minimum atomic E-state index is 0.338. The summed E-state index contributed by atoms with van der Waals surface area (Å²) < 4.78 is 5.92. The van der Waals surface area contributed by atoms with Gasteiger partial charge in [-0.1, -0.05) is 6.07 Å². The van der Waals surface area contributed by atoms with E-state index in [2.05, 4.69) is 59.0 Å². The third kappa shape index (κ3) is 6.11. The number of benzene rings is 1. The van der Waals surface area contributed by atoms with Crippen molar-refractivity contribution in [2.45, 2.75) is 59.9 Å². The first kappa shape index (κ1) is 16.0. The number of ether oxygens (including phenoxy) is 1. The zero-order valence-corrected chi connectivity index (χ0v) is 13.5. The Hall–Kier alpha value is -1.02. The second kappa shape index (κ2) is 6.95. The molecular weight excluding hydrogens is 234 g/mol. The Kier molecular flexibility index (Phi) is 5.86. The highest BCUT2D eigenvalue weighted by Crippen LogP contribution is 2.23. The smallest absolute Gasteiger partial charge is 0.122 e. The van der Waals surface area contributed by atoms with E-state index in [1.54, 1.807) is 0 Å². The Labute approximate surface area is 118 Å². The molecule has 2 heteroatoms. The lowest BCUT2D eigenvalue weighted by molar-refractivity contribution is -0.717. The summed E-state index contributed by atoms with van der Waals surface area (Å²) in [6, 6.07) is 4.35.